The second kappa shape index (κ2) is 6.26. The lowest BCUT2D eigenvalue weighted by Gasteiger charge is -2.18. The normalized spacial score (nSPS) is 12.8. The van der Waals surface area contributed by atoms with Gasteiger partial charge in [0.1, 0.15) is 5.76 Å². The van der Waals surface area contributed by atoms with Crippen molar-refractivity contribution < 1.29 is 4.42 Å². The SMILES string of the molecule is CCCn1ncc(Cl)c1C(NCC)c1coc(C)c1. The van der Waals surface area contributed by atoms with E-state index in [1.165, 1.54) is 0 Å². The summed E-state index contributed by atoms with van der Waals surface area (Å²) in [6, 6.07) is 2.05. The summed E-state index contributed by atoms with van der Waals surface area (Å²) in [6.07, 6.45) is 4.51. The maximum absolute atomic E-state index is 6.31. The molecular weight excluding hydrogens is 262 g/mol. The molecule has 0 aromatic carbocycles. The molecule has 0 saturated carbocycles. The Morgan fingerprint density at radius 1 is 1.47 bits per heavy atom. The number of hydrogen-bond donors (Lipinski definition) is 1. The van der Waals surface area contributed by atoms with Crippen molar-refractivity contribution in [1.29, 1.82) is 0 Å². The van der Waals surface area contributed by atoms with E-state index in [4.69, 9.17) is 16.0 Å². The van der Waals surface area contributed by atoms with Crippen LogP contribution in [0.15, 0.2) is 22.9 Å². The molecule has 0 aliphatic rings. The van der Waals surface area contributed by atoms with Crippen molar-refractivity contribution in [3.8, 4) is 0 Å². The van der Waals surface area contributed by atoms with Crippen molar-refractivity contribution in [2.45, 2.75) is 39.8 Å². The summed E-state index contributed by atoms with van der Waals surface area (Å²) in [5.41, 5.74) is 2.09. The fraction of sp³-hybridized carbons (Fsp3) is 0.500. The van der Waals surface area contributed by atoms with Gasteiger partial charge in [0.15, 0.2) is 0 Å². The van der Waals surface area contributed by atoms with Crippen LogP contribution in [0.2, 0.25) is 5.02 Å². The summed E-state index contributed by atoms with van der Waals surface area (Å²) in [5, 5.41) is 8.50. The molecule has 0 radical (unpaired) electrons. The van der Waals surface area contributed by atoms with Gasteiger partial charge in [0.05, 0.1) is 29.2 Å². The monoisotopic (exact) mass is 281 g/mol. The Bertz CT molecular complexity index is 533. The van der Waals surface area contributed by atoms with Gasteiger partial charge in [-0.15, -0.1) is 0 Å². The van der Waals surface area contributed by atoms with Gasteiger partial charge >= 0.3 is 0 Å². The molecule has 0 fully saturated rings. The number of furan rings is 1. The molecule has 2 aromatic rings. The van der Waals surface area contributed by atoms with Crippen LogP contribution in [0.25, 0.3) is 0 Å². The van der Waals surface area contributed by atoms with E-state index in [1.807, 2.05) is 17.7 Å². The summed E-state index contributed by atoms with van der Waals surface area (Å²) >= 11 is 6.31. The highest BCUT2D eigenvalue weighted by Gasteiger charge is 2.22. The van der Waals surface area contributed by atoms with Crippen molar-refractivity contribution in [2.24, 2.45) is 0 Å². The standard InChI is InChI=1S/C14H20ClN3O/c1-4-6-18-14(12(15)8-17-18)13(16-5-2)11-7-10(3)19-9-11/h7-9,13,16H,4-6H2,1-3H3. The Hall–Kier alpha value is -1.26. The average Bonchev–Trinajstić information content (AvgIpc) is 2.95. The molecule has 0 aliphatic heterocycles. The lowest BCUT2D eigenvalue weighted by atomic mass is 10.1. The first-order valence-corrected chi connectivity index (χ1v) is 7.04. The second-order valence-corrected chi connectivity index (χ2v) is 4.99. The third-order valence-corrected chi connectivity index (χ3v) is 3.33. The molecule has 0 spiro atoms. The van der Waals surface area contributed by atoms with Crippen LogP contribution in [0.5, 0.6) is 0 Å². The zero-order valence-electron chi connectivity index (χ0n) is 11.6. The van der Waals surface area contributed by atoms with E-state index in [0.29, 0.717) is 5.02 Å². The zero-order chi connectivity index (χ0) is 13.8. The van der Waals surface area contributed by atoms with Crippen LogP contribution in [0.4, 0.5) is 0 Å². The van der Waals surface area contributed by atoms with Crippen LogP contribution >= 0.6 is 11.6 Å². The van der Waals surface area contributed by atoms with Gasteiger partial charge in [-0.3, -0.25) is 4.68 Å². The Labute approximate surface area is 118 Å². The van der Waals surface area contributed by atoms with Gasteiger partial charge in [0.2, 0.25) is 0 Å². The van der Waals surface area contributed by atoms with Crippen molar-refractivity contribution >= 4 is 11.6 Å². The van der Waals surface area contributed by atoms with Crippen LogP contribution < -0.4 is 5.32 Å². The van der Waals surface area contributed by atoms with Crippen LogP contribution in [-0.4, -0.2) is 16.3 Å². The molecule has 0 amide bonds. The van der Waals surface area contributed by atoms with Crippen molar-refractivity contribution in [1.82, 2.24) is 15.1 Å². The van der Waals surface area contributed by atoms with Crippen LogP contribution in [0.1, 0.15) is 43.3 Å². The van der Waals surface area contributed by atoms with Gasteiger partial charge in [-0.05, 0) is 26.0 Å². The van der Waals surface area contributed by atoms with Crippen molar-refractivity contribution in [3.05, 3.63) is 40.6 Å². The van der Waals surface area contributed by atoms with Gasteiger partial charge in [-0.1, -0.05) is 25.4 Å². The van der Waals surface area contributed by atoms with Gasteiger partial charge in [-0.25, -0.2) is 0 Å². The highest BCUT2D eigenvalue weighted by atomic mass is 35.5. The largest absolute Gasteiger partial charge is 0.469 e. The topological polar surface area (TPSA) is 43.0 Å². The molecule has 0 aliphatic carbocycles. The first kappa shape index (κ1) is 14.2. The van der Waals surface area contributed by atoms with Gasteiger partial charge < -0.3 is 9.73 Å². The molecule has 4 nitrogen and oxygen atoms in total. The van der Waals surface area contributed by atoms with E-state index in [0.717, 1.165) is 36.5 Å². The smallest absolute Gasteiger partial charge is 0.101 e. The van der Waals surface area contributed by atoms with Gasteiger partial charge in [0.25, 0.3) is 0 Å². The Balaban J connectivity index is 2.41. The predicted octanol–water partition coefficient (Wildman–Crippen LogP) is 3.55. The lowest BCUT2D eigenvalue weighted by Crippen LogP contribution is -2.25. The fourth-order valence-corrected chi connectivity index (χ4v) is 2.49. The quantitative estimate of drug-likeness (QED) is 0.880. The van der Waals surface area contributed by atoms with Gasteiger partial charge in [-0.2, -0.15) is 5.10 Å². The molecule has 5 heteroatoms. The molecule has 2 heterocycles. The summed E-state index contributed by atoms with van der Waals surface area (Å²) in [4.78, 5) is 0. The van der Waals surface area contributed by atoms with E-state index < -0.39 is 0 Å². The van der Waals surface area contributed by atoms with Crippen molar-refractivity contribution in [2.75, 3.05) is 6.54 Å². The van der Waals surface area contributed by atoms with Crippen LogP contribution in [0, 0.1) is 6.92 Å². The number of nitrogens with one attached hydrogen (secondary N) is 1. The lowest BCUT2D eigenvalue weighted by molar-refractivity contribution is 0.505. The summed E-state index contributed by atoms with van der Waals surface area (Å²) in [7, 11) is 0. The minimum atomic E-state index is 0.0176. The predicted molar refractivity (Wildman–Crippen MR) is 76.5 cm³/mol. The maximum atomic E-state index is 6.31. The first-order chi connectivity index (χ1) is 9.17. The Morgan fingerprint density at radius 2 is 2.26 bits per heavy atom. The highest BCUT2D eigenvalue weighted by Crippen LogP contribution is 2.29. The summed E-state index contributed by atoms with van der Waals surface area (Å²) < 4.78 is 7.39. The van der Waals surface area contributed by atoms with E-state index in [2.05, 4.69) is 24.3 Å². The van der Waals surface area contributed by atoms with E-state index in [9.17, 15) is 0 Å². The molecule has 0 bridgehead atoms. The van der Waals surface area contributed by atoms with Crippen molar-refractivity contribution in [3.63, 3.8) is 0 Å². The molecule has 1 unspecified atom stereocenters. The summed E-state index contributed by atoms with van der Waals surface area (Å²) in [5.74, 6) is 0.899. The second-order valence-electron chi connectivity index (χ2n) is 4.58. The van der Waals surface area contributed by atoms with Gasteiger partial charge in [0, 0.05) is 12.1 Å². The van der Waals surface area contributed by atoms with Crippen LogP contribution in [-0.2, 0) is 6.54 Å². The molecule has 0 saturated heterocycles. The number of nitrogens with zero attached hydrogens (tertiary/aromatic N) is 2. The Kier molecular flexibility index (Phi) is 4.66. The molecule has 104 valence electrons. The molecular formula is C14H20ClN3O. The Morgan fingerprint density at radius 3 is 2.84 bits per heavy atom. The number of halogens is 1. The molecule has 19 heavy (non-hydrogen) atoms. The third-order valence-electron chi connectivity index (χ3n) is 3.03. The zero-order valence-corrected chi connectivity index (χ0v) is 12.4. The summed E-state index contributed by atoms with van der Waals surface area (Å²) in [6.45, 7) is 7.86. The number of aromatic nitrogens is 2. The number of hydrogen-bond acceptors (Lipinski definition) is 3. The van der Waals surface area contributed by atoms with E-state index in [1.54, 1.807) is 12.5 Å². The third kappa shape index (κ3) is 3.01. The minimum Gasteiger partial charge on any atom is -0.469 e. The minimum absolute atomic E-state index is 0.0176. The maximum Gasteiger partial charge on any atom is 0.101 e. The first-order valence-electron chi connectivity index (χ1n) is 6.67. The molecule has 1 N–H and O–H groups in total. The van der Waals surface area contributed by atoms with Crippen LogP contribution in [0.3, 0.4) is 0 Å². The van der Waals surface area contributed by atoms with E-state index >= 15 is 0 Å². The molecule has 2 aromatic heterocycles. The molecule has 1 atom stereocenters. The molecule has 2 rings (SSSR count). The average molecular weight is 282 g/mol. The number of aryl methyl sites for hydroxylation is 2. The fourth-order valence-electron chi connectivity index (χ4n) is 2.24. The van der Waals surface area contributed by atoms with E-state index in [-0.39, 0.29) is 6.04 Å². The number of rotatable bonds is 6. The highest BCUT2D eigenvalue weighted by molar-refractivity contribution is 6.31.